The summed E-state index contributed by atoms with van der Waals surface area (Å²) in [6.07, 6.45) is 3.95. The van der Waals surface area contributed by atoms with Gasteiger partial charge in [-0.25, -0.2) is 0 Å². The molecule has 1 saturated carbocycles. The van der Waals surface area contributed by atoms with Crippen molar-refractivity contribution in [1.82, 2.24) is 0 Å². The highest BCUT2D eigenvalue weighted by atomic mass is 16.5. The summed E-state index contributed by atoms with van der Waals surface area (Å²) in [4.78, 5) is 0. The Bertz CT molecular complexity index is 123. The number of rotatable bonds is 4. The van der Waals surface area contributed by atoms with Gasteiger partial charge in [0.25, 0.3) is 0 Å². The standard InChI is InChI=1S/C9H19NO/c1-3-11-9(2,7-10)8-5-4-6-8/h8H,3-7,10H2,1-2H3. The summed E-state index contributed by atoms with van der Waals surface area (Å²) >= 11 is 0. The van der Waals surface area contributed by atoms with Crippen molar-refractivity contribution in [3.63, 3.8) is 0 Å². The van der Waals surface area contributed by atoms with Gasteiger partial charge in [-0.15, -0.1) is 0 Å². The van der Waals surface area contributed by atoms with Crippen molar-refractivity contribution < 1.29 is 4.74 Å². The molecule has 0 radical (unpaired) electrons. The van der Waals surface area contributed by atoms with Gasteiger partial charge in [0.05, 0.1) is 5.60 Å². The van der Waals surface area contributed by atoms with Crippen LogP contribution >= 0.6 is 0 Å². The highest BCUT2D eigenvalue weighted by molar-refractivity contribution is 4.89. The SMILES string of the molecule is CCOC(C)(CN)C1CCC1. The van der Waals surface area contributed by atoms with E-state index >= 15 is 0 Å². The molecule has 0 aliphatic heterocycles. The van der Waals surface area contributed by atoms with E-state index in [1.54, 1.807) is 0 Å². The lowest BCUT2D eigenvalue weighted by Gasteiger charge is -2.41. The molecule has 2 heteroatoms. The van der Waals surface area contributed by atoms with Crippen LogP contribution in [0.1, 0.15) is 33.1 Å². The Morgan fingerprint density at radius 1 is 1.55 bits per heavy atom. The second-order valence-corrected chi connectivity index (χ2v) is 3.58. The summed E-state index contributed by atoms with van der Waals surface area (Å²) in [5.74, 6) is 0.715. The minimum atomic E-state index is -0.0347. The van der Waals surface area contributed by atoms with Gasteiger partial charge in [0.2, 0.25) is 0 Å². The zero-order valence-corrected chi connectivity index (χ0v) is 7.60. The fraction of sp³-hybridized carbons (Fsp3) is 1.00. The molecule has 0 saturated heterocycles. The zero-order chi connectivity index (χ0) is 8.32. The van der Waals surface area contributed by atoms with E-state index in [-0.39, 0.29) is 5.60 Å². The maximum atomic E-state index is 5.68. The van der Waals surface area contributed by atoms with Gasteiger partial charge in [-0.1, -0.05) is 6.42 Å². The highest BCUT2D eigenvalue weighted by Gasteiger charge is 2.37. The quantitative estimate of drug-likeness (QED) is 0.672. The Morgan fingerprint density at radius 3 is 2.45 bits per heavy atom. The van der Waals surface area contributed by atoms with Crippen molar-refractivity contribution in [2.24, 2.45) is 11.7 Å². The largest absolute Gasteiger partial charge is 0.374 e. The van der Waals surface area contributed by atoms with Crippen LogP contribution in [0, 0.1) is 5.92 Å². The second kappa shape index (κ2) is 3.55. The monoisotopic (exact) mass is 157 g/mol. The molecule has 0 amide bonds. The first-order valence-electron chi connectivity index (χ1n) is 4.57. The zero-order valence-electron chi connectivity index (χ0n) is 7.60. The fourth-order valence-electron chi connectivity index (χ4n) is 1.69. The lowest BCUT2D eigenvalue weighted by atomic mass is 9.73. The van der Waals surface area contributed by atoms with Crippen LogP contribution in [0.5, 0.6) is 0 Å². The average Bonchev–Trinajstić information content (AvgIpc) is 1.84. The molecule has 0 aromatic heterocycles. The van der Waals surface area contributed by atoms with Gasteiger partial charge in [0.15, 0.2) is 0 Å². The van der Waals surface area contributed by atoms with Crippen molar-refractivity contribution in [3.8, 4) is 0 Å². The second-order valence-electron chi connectivity index (χ2n) is 3.58. The first kappa shape index (κ1) is 9.01. The molecule has 0 bridgehead atoms. The molecule has 2 N–H and O–H groups in total. The Morgan fingerprint density at radius 2 is 2.18 bits per heavy atom. The van der Waals surface area contributed by atoms with E-state index in [2.05, 4.69) is 6.92 Å². The molecule has 1 aliphatic carbocycles. The van der Waals surface area contributed by atoms with Gasteiger partial charge in [-0.2, -0.15) is 0 Å². The lowest BCUT2D eigenvalue weighted by molar-refractivity contribution is -0.0845. The van der Waals surface area contributed by atoms with Crippen LogP contribution in [0.25, 0.3) is 0 Å². The number of ether oxygens (including phenoxy) is 1. The Labute approximate surface area is 69.1 Å². The third-order valence-electron chi connectivity index (χ3n) is 2.85. The lowest BCUT2D eigenvalue weighted by Crippen LogP contribution is -2.47. The van der Waals surface area contributed by atoms with Crippen molar-refractivity contribution in [3.05, 3.63) is 0 Å². The molecule has 0 aromatic carbocycles. The summed E-state index contributed by atoms with van der Waals surface area (Å²) < 4.78 is 5.66. The van der Waals surface area contributed by atoms with Gasteiger partial charge >= 0.3 is 0 Å². The van der Waals surface area contributed by atoms with Crippen molar-refractivity contribution in [2.45, 2.75) is 38.7 Å². The average molecular weight is 157 g/mol. The van der Waals surface area contributed by atoms with Crippen molar-refractivity contribution >= 4 is 0 Å². The molecule has 0 heterocycles. The van der Waals surface area contributed by atoms with Gasteiger partial charge in [0, 0.05) is 13.2 Å². The molecule has 2 nitrogen and oxygen atoms in total. The molecule has 0 aromatic rings. The summed E-state index contributed by atoms with van der Waals surface area (Å²) in [5.41, 5.74) is 5.64. The van der Waals surface area contributed by atoms with Crippen molar-refractivity contribution in [2.75, 3.05) is 13.2 Å². The molecule has 1 rings (SSSR count). The first-order valence-corrected chi connectivity index (χ1v) is 4.57. The Hall–Kier alpha value is -0.0800. The van der Waals surface area contributed by atoms with E-state index in [0.717, 1.165) is 6.61 Å². The molecular weight excluding hydrogens is 138 g/mol. The van der Waals surface area contributed by atoms with Crippen LogP contribution in [-0.4, -0.2) is 18.8 Å². The Balaban J connectivity index is 2.43. The minimum absolute atomic E-state index is 0.0347. The summed E-state index contributed by atoms with van der Waals surface area (Å²) in [6.45, 7) is 5.61. The minimum Gasteiger partial charge on any atom is -0.374 e. The third-order valence-corrected chi connectivity index (χ3v) is 2.85. The van der Waals surface area contributed by atoms with Crippen LogP contribution in [-0.2, 0) is 4.74 Å². The summed E-state index contributed by atoms with van der Waals surface area (Å²) in [7, 11) is 0. The van der Waals surface area contributed by atoms with Crippen LogP contribution in [0.3, 0.4) is 0 Å². The normalized spacial score (nSPS) is 24.3. The van der Waals surface area contributed by atoms with Gasteiger partial charge < -0.3 is 10.5 Å². The van der Waals surface area contributed by atoms with E-state index in [0.29, 0.717) is 12.5 Å². The maximum absolute atomic E-state index is 5.68. The molecular formula is C9H19NO. The van der Waals surface area contributed by atoms with Crippen LogP contribution in [0.4, 0.5) is 0 Å². The molecule has 1 aliphatic rings. The molecule has 1 atom stereocenters. The van der Waals surface area contributed by atoms with Gasteiger partial charge in [-0.05, 0) is 32.6 Å². The fourth-order valence-corrected chi connectivity index (χ4v) is 1.69. The number of nitrogens with two attached hydrogens (primary N) is 1. The molecule has 11 heavy (non-hydrogen) atoms. The topological polar surface area (TPSA) is 35.2 Å². The van der Waals surface area contributed by atoms with E-state index in [1.165, 1.54) is 19.3 Å². The number of hydrogen-bond donors (Lipinski definition) is 1. The maximum Gasteiger partial charge on any atom is 0.0803 e. The van der Waals surface area contributed by atoms with Crippen LogP contribution < -0.4 is 5.73 Å². The van der Waals surface area contributed by atoms with E-state index in [9.17, 15) is 0 Å². The van der Waals surface area contributed by atoms with Crippen LogP contribution in [0.15, 0.2) is 0 Å². The number of hydrogen-bond acceptors (Lipinski definition) is 2. The smallest absolute Gasteiger partial charge is 0.0803 e. The molecule has 66 valence electrons. The molecule has 1 fully saturated rings. The van der Waals surface area contributed by atoms with Crippen molar-refractivity contribution in [1.29, 1.82) is 0 Å². The van der Waals surface area contributed by atoms with Crippen LogP contribution in [0.2, 0.25) is 0 Å². The van der Waals surface area contributed by atoms with E-state index < -0.39 is 0 Å². The van der Waals surface area contributed by atoms with E-state index in [1.807, 2.05) is 6.92 Å². The van der Waals surface area contributed by atoms with E-state index in [4.69, 9.17) is 10.5 Å². The predicted molar refractivity (Wildman–Crippen MR) is 46.4 cm³/mol. The molecule has 0 spiro atoms. The molecule has 1 unspecified atom stereocenters. The predicted octanol–water partition coefficient (Wildman–Crippen LogP) is 1.54. The summed E-state index contributed by atoms with van der Waals surface area (Å²) in [6, 6.07) is 0. The first-order chi connectivity index (χ1) is 5.23. The van der Waals surface area contributed by atoms with Gasteiger partial charge in [-0.3, -0.25) is 0 Å². The third kappa shape index (κ3) is 1.74. The van der Waals surface area contributed by atoms with Gasteiger partial charge in [0.1, 0.15) is 0 Å². The highest BCUT2D eigenvalue weighted by Crippen LogP contribution is 2.37. The Kier molecular flexibility index (Phi) is 2.90. The summed E-state index contributed by atoms with van der Waals surface area (Å²) in [5, 5.41) is 0.